The summed E-state index contributed by atoms with van der Waals surface area (Å²) >= 11 is 2.50. The molecule has 2 aliphatic rings. The van der Waals surface area contributed by atoms with Crippen molar-refractivity contribution in [3.8, 4) is 0 Å². The minimum absolute atomic E-state index is 0.761. The molecule has 2 fully saturated rings. The Kier molecular flexibility index (Phi) is 3.68. The number of halogens is 1. The molecular formula is C16H22IN. The highest BCUT2D eigenvalue weighted by Crippen LogP contribution is 2.41. The molecule has 2 heterocycles. The summed E-state index contributed by atoms with van der Waals surface area (Å²) in [6, 6.07) is 8.70. The lowest BCUT2D eigenvalue weighted by Gasteiger charge is -2.36. The van der Waals surface area contributed by atoms with E-state index in [4.69, 9.17) is 0 Å². The number of hydrogen-bond acceptors (Lipinski definition) is 1. The number of benzene rings is 1. The van der Waals surface area contributed by atoms with Crippen molar-refractivity contribution in [2.45, 2.75) is 57.5 Å². The summed E-state index contributed by atoms with van der Waals surface area (Å²) in [5.74, 6) is 1.55. The maximum absolute atomic E-state index is 3.78. The molecule has 0 aromatic heterocycles. The van der Waals surface area contributed by atoms with Gasteiger partial charge in [0.25, 0.3) is 0 Å². The lowest BCUT2D eigenvalue weighted by Crippen LogP contribution is -2.43. The Balaban J connectivity index is 1.88. The number of hydrogen-bond donors (Lipinski definition) is 1. The van der Waals surface area contributed by atoms with Crippen molar-refractivity contribution < 1.29 is 0 Å². The Morgan fingerprint density at radius 3 is 2.89 bits per heavy atom. The molecular weight excluding hydrogens is 333 g/mol. The molecule has 3 rings (SSSR count). The lowest BCUT2D eigenvalue weighted by molar-refractivity contribution is 0.268. The second-order valence-corrected chi connectivity index (χ2v) is 7.12. The average molecular weight is 355 g/mol. The van der Waals surface area contributed by atoms with Gasteiger partial charge < -0.3 is 5.32 Å². The number of rotatable bonds is 2. The van der Waals surface area contributed by atoms with Crippen molar-refractivity contribution in [1.29, 1.82) is 0 Å². The third-order valence-corrected chi connectivity index (χ3v) is 5.97. The predicted molar refractivity (Wildman–Crippen MR) is 85.0 cm³/mol. The first-order valence-electron chi connectivity index (χ1n) is 7.23. The van der Waals surface area contributed by atoms with Crippen molar-refractivity contribution in [2.75, 3.05) is 0 Å². The van der Waals surface area contributed by atoms with Gasteiger partial charge >= 0.3 is 0 Å². The molecule has 0 aliphatic carbocycles. The molecule has 4 atom stereocenters. The van der Waals surface area contributed by atoms with Gasteiger partial charge in [-0.2, -0.15) is 0 Å². The third kappa shape index (κ3) is 2.22. The van der Waals surface area contributed by atoms with E-state index in [2.05, 4.69) is 60.0 Å². The Morgan fingerprint density at radius 1 is 1.33 bits per heavy atom. The van der Waals surface area contributed by atoms with E-state index in [-0.39, 0.29) is 0 Å². The molecule has 1 aromatic rings. The quantitative estimate of drug-likeness (QED) is 0.788. The highest BCUT2D eigenvalue weighted by Gasteiger charge is 2.39. The van der Waals surface area contributed by atoms with E-state index in [1.165, 1.54) is 28.4 Å². The zero-order valence-electron chi connectivity index (χ0n) is 11.2. The van der Waals surface area contributed by atoms with Crippen molar-refractivity contribution in [3.05, 3.63) is 32.9 Å². The molecule has 2 unspecified atom stereocenters. The summed E-state index contributed by atoms with van der Waals surface area (Å²) < 4.78 is 1.45. The van der Waals surface area contributed by atoms with Gasteiger partial charge in [-0.3, -0.25) is 0 Å². The molecule has 0 amide bonds. The summed E-state index contributed by atoms with van der Waals surface area (Å²) in [5, 5.41) is 3.78. The van der Waals surface area contributed by atoms with Gasteiger partial charge in [0.2, 0.25) is 0 Å². The van der Waals surface area contributed by atoms with Gasteiger partial charge in [-0.05, 0) is 77.3 Å². The third-order valence-electron chi connectivity index (χ3n) is 4.97. The first-order chi connectivity index (χ1) is 8.69. The van der Waals surface area contributed by atoms with E-state index in [1.807, 2.05) is 0 Å². The van der Waals surface area contributed by atoms with Crippen LogP contribution in [0.2, 0.25) is 0 Å². The molecule has 98 valence electrons. The van der Waals surface area contributed by atoms with E-state index in [9.17, 15) is 0 Å². The number of piperidine rings is 1. The van der Waals surface area contributed by atoms with Crippen LogP contribution in [0.25, 0.3) is 0 Å². The zero-order chi connectivity index (χ0) is 12.7. The van der Waals surface area contributed by atoms with Crippen molar-refractivity contribution in [3.63, 3.8) is 0 Å². The van der Waals surface area contributed by atoms with E-state index in [0.29, 0.717) is 0 Å². The standard InChI is InChI=1S/C16H22IN/c1-3-11-4-5-12(8-15(11)17)14-9-13-6-7-16(18-13)10(14)2/h4-5,8,10,13-14,16,18H,3,6-7,9H2,1-2H3/t10?,13-,14+,16?/m1/s1. The maximum atomic E-state index is 3.78. The van der Waals surface area contributed by atoms with E-state index < -0.39 is 0 Å². The summed E-state index contributed by atoms with van der Waals surface area (Å²) in [5.41, 5.74) is 3.06. The van der Waals surface area contributed by atoms with Crippen LogP contribution in [0.4, 0.5) is 0 Å². The topological polar surface area (TPSA) is 12.0 Å². The van der Waals surface area contributed by atoms with Crippen molar-refractivity contribution in [2.24, 2.45) is 5.92 Å². The van der Waals surface area contributed by atoms with Gasteiger partial charge in [0.1, 0.15) is 0 Å². The Hall–Kier alpha value is -0.0900. The van der Waals surface area contributed by atoms with Crippen LogP contribution in [0.1, 0.15) is 50.2 Å². The van der Waals surface area contributed by atoms with Gasteiger partial charge in [0.15, 0.2) is 0 Å². The van der Waals surface area contributed by atoms with Crippen LogP contribution in [-0.2, 0) is 6.42 Å². The van der Waals surface area contributed by atoms with Gasteiger partial charge in [-0.25, -0.2) is 0 Å². The molecule has 0 spiro atoms. The fourth-order valence-corrected chi connectivity index (χ4v) is 4.69. The normalized spacial score (nSPS) is 34.8. The largest absolute Gasteiger partial charge is 0.311 e. The summed E-state index contributed by atoms with van der Waals surface area (Å²) in [6.07, 6.45) is 5.24. The van der Waals surface area contributed by atoms with Crippen LogP contribution in [0.15, 0.2) is 18.2 Å². The van der Waals surface area contributed by atoms with Gasteiger partial charge in [0, 0.05) is 15.7 Å². The van der Waals surface area contributed by atoms with E-state index >= 15 is 0 Å². The first-order valence-corrected chi connectivity index (χ1v) is 8.31. The second-order valence-electron chi connectivity index (χ2n) is 5.95. The van der Waals surface area contributed by atoms with Crippen LogP contribution in [0, 0.1) is 9.49 Å². The summed E-state index contributed by atoms with van der Waals surface area (Å²) in [7, 11) is 0. The van der Waals surface area contributed by atoms with Crippen LogP contribution < -0.4 is 5.32 Å². The SMILES string of the molecule is CCc1ccc([C@H]2C[C@H]3CCC(N3)C2C)cc1I. The molecule has 1 N–H and O–H groups in total. The van der Waals surface area contributed by atoms with E-state index in [1.54, 1.807) is 5.56 Å². The molecule has 2 aliphatic heterocycles. The monoisotopic (exact) mass is 355 g/mol. The molecule has 2 saturated heterocycles. The predicted octanol–water partition coefficient (Wildman–Crippen LogP) is 4.10. The number of aryl methyl sites for hydroxylation is 1. The highest BCUT2D eigenvalue weighted by atomic mass is 127. The van der Waals surface area contributed by atoms with Gasteiger partial charge in [-0.15, -0.1) is 0 Å². The van der Waals surface area contributed by atoms with Gasteiger partial charge in [-0.1, -0.05) is 26.0 Å². The number of nitrogens with one attached hydrogen (secondary N) is 1. The lowest BCUT2D eigenvalue weighted by atomic mass is 9.78. The maximum Gasteiger partial charge on any atom is 0.0165 e. The van der Waals surface area contributed by atoms with Crippen LogP contribution >= 0.6 is 22.6 Å². The minimum Gasteiger partial charge on any atom is -0.311 e. The first kappa shape index (κ1) is 12.9. The molecule has 0 saturated carbocycles. The minimum atomic E-state index is 0.761. The molecule has 1 nitrogen and oxygen atoms in total. The molecule has 2 heteroatoms. The molecule has 1 aromatic carbocycles. The van der Waals surface area contributed by atoms with Crippen LogP contribution in [0.5, 0.6) is 0 Å². The fourth-order valence-electron chi connectivity index (χ4n) is 3.77. The van der Waals surface area contributed by atoms with Gasteiger partial charge in [0.05, 0.1) is 0 Å². The molecule has 18 heavy (non-hydrogen) atoms. The Labute approximate surface area is 124 Å². The highest BCUT2D eigenvalue weighted by molar-refractivity contribution is 14.1. The van der Waals surface area contributed by atoms with Crippen molar-refractivity contribution >= 4 is 22.6 Å². The Bertz CT molecular complexity index is 443. The molecule has 2 bridgehead atoms. The summed E-state index contributed by atoms with van der Waals surface area (Å²) in [6.45, 7) is 4.68. The van der Waals surface area contributed by atoms with E-state index in [0.717, 1.165) is 30.3 Å². The zero-order valence-corrected chi connectivity index (χ0v) is 13.4. The fraction of sp³-hybridized carbons (Fsp3) is 0.625. The van der Waals surface area contributed by atoms with Crippen molar-refractivity contribution in [1.82, 2.24) is 5.32 Å². The average Bonchev–Trinajstić information content (AvgIpc) is 2.78. The Morgan fingerprint density at radius 2 is 2.17 bits per heavy atom. The second kappa shape index (κ2) is 5.12. The number of fused-ring (bicyclic) bond motifs is 2. The summed E-state index contributed by atoms with van der Waals surface area (Å²) in [4.78, 5) is 0. The van der Waals surface area contributed by atoms with Crippen LogP contribution in [-0.4, -0.2) is 12.1 Å². The smallest absolute Gasteiger partial charge is 0.0165 e. The van der Waals surface area contributed by atoms with Crippen LogP contribution in [0.3, 0.4) is 0 Å². The molecule has 0 radical (unpaired) electrons.